The average Bonchev–Trinajstić information content (AvgIpc) is 3.34. The van der Waals surface area contributed by atoms with Crippen molar-refractivity contribution in [2.24, 2.45) is 0 Å². The average molecular weight is 744 g/mol. The molecule has 0 radical (unpaired) electrons. The van der Waals surface area contributed by atoms with Crippen molar-refractivity contribution in [3.8, 4) is 0 Å². The molecule has 0 spiro atoms. The van der Waals surface area contributed by atoms with Crippen molar-refractivity contribution in [3.05, 3.63) is 42.5 Å². The molecule has 2 unspecified atom stereocenters. The molecule has 2 aromatic rings. The van der Waals surface area contributed by atoms with Gasteiger partial charge in [0.1, 0.15) is 0 Å². The van der Waals surface area contributed by atoms with Crippen molar-refractivity contribution >= 4 is 31.2 Å². The van der Waals surface area contributed by atoms with Gasteiger partial charge in [-0.3, -0.25) is 0 Å². The molecule has 0 saturated carbocycles. The van der Waals surface area contributed by atoms with Crippen LogP contribution in [0.5, 0.6) is 0 Å². The van der Waals surface area contributed by atoms with Gasteiger partial charge in [0.2, 0.25) is 0 Å². The highest BCUT2D eigenvalue weighted by Gasteiger charge is 2.96. The van der Waals surface area contributed by atoms with Crippen LogP contribution in [0.3, 0.4) is 0 Å². The highest BCUT2D eigenvalue weighted by atomic mass is 32.3. The summed E-state index contributed by atoms with van der Waals surface area (Å²) in [6, 6.07) is 8.98. The summed E-state index contributed by atoms with van der Waals surface area (Å²) < 4.78 is 268. The molecule has 4 nitrogen and oxygen atoms in total. The number of fused-ring (bicyclic) bond motifs is 1. The molecule has 0 aliphatic carbocycles. The number of benzene rings is 2. The van der Waals surface area contributed by atoms with Crippen molar-refractivity contribution in [2.45, 2.75) is 64.4 Å². The lowest BCUT2D eigenvalue weighted by molar-refractivity contribution is -0.458. The van der Waals surface area contributed by atoms with E-state index in [2.05, 4.69) is 3.63 Å². The molecule has 46 heavy (non-hydrogen) atoms. The Morgan fingerprint density at radius 1 is 0.652 bits per heavy atom. The first-order valence-corrected chi connectivity index (χ1v) is 15.2. The Bertz CT molecular complexity index is 1550. The second kappa shape index (κ2) is 11.1. The number of rotatable bonds is 11. The van der Waals surface area contributed by atoms with E-state index in [0.717, 1.165) is 13.2 Å². The molecule has 1 fully saturated rings. The molecule has 264 valence electrons. The minimum Gasteiger partial charge on any atom is -0.381 e. The Labute approximate surface area is 248 Å². The quantitative estimate of drug-likeness (QED) is 0.216. The third-order valence-electron chi connectivity index (χ3n) is 6.94. The van der Waals surface area contributed by atoms with Crippen molar-refractivity contribution in [1.82, 2.24) is 0 Å². The molecule has 1 aliphatic rings. The lowest BCUT2D eigenvalue weighted by atomic mass is 9.91. The molecular weight excluding hydrogens is 727 g/mol. The van der Waals surface area contributed by atoms with Crippen molar-refractivity contribution in [1.29, 1.82) is 0 Å². The molecule has 2 aromatic carbocycles. The number of methoxy groups -OCH3 is 1. The molecule has 0 bridgehead atoms. The Kier molecular flexibility index (Phi) is 9.25. The van der Waals surface area contributed by atoms with E-state index in [1.54, 1.807) is 0 Å². The molecule has 0 N–H and O–H groups in total. The topological polar surface area (TPSA) is 52.6 Å². The summed E-state index contributed by atoms with van der Waals surface area (Å²) >= 11 is 0. The van der Waals surface area contributed by atoms with Crippen LogP contribution in [0.25, 0.3) is 10.8 Å². The standard InChI is InChI=1S/C23H17F17O4S2/c1-43-13-9-10-45(11-13,15-8-4-6-12-5-2-3-7-14(12)15)44-46(41,42)23(39,40)21(34,35)19(30,31)17(26,27)16(24,25)18(28,29)20(32,33)22(36,37)38/h2-8,13H,9-11H2,1H3. The van der Waals surface area contributed by atoms with E-state index in [1.807, 2.05) is 0 Å². The predicted molar refractivity (Wildman–Crippen MR) is 126 cm³/mol. The molecule has 1 aliphatic heterocycles. The van der Waals surface area contributed by atoms with Gasteiger partial charge in [-0.05, 0) is 23.3 Å². The van der Waals surface area contributed by atoms with E-state index in [9.17, 15) is 83.1 Å². The summed E-state index contributed by atoms with van der Waals surface area (Å²) in [5.41, 5.74) is 0. The fourth-order valence-corrected chi connectivity index (χ4v) is 10.3. The molecule has 23 heteroatoms. The van der Waals surface area contributed by atoms with Gasteiger partial charge in [0.25, 0.3) is 0 Å². The fraction of sp³-hybridized carbons (Fsp3) is 0.565. The minimum atomic E-state index is -8.92. The van der Waals surface area contributed by atoms with Crippen LogP contribution in [0.2, 0.25) is 0 Å². The van der Waals surface area contributed by atoms with Gasteiger partial charge >= 0.3 is 57.1 Å². The van der Waals surface area contributed by atoms with Crippen molar-refractivity contribution in [2.75, 3.05) is 18.6 Å². The molecule has 1 saturated heterocycles. The van der Waals surface area contributed by atoms with E-state index in [1.165, 1.54) is 36.4 Å². The number of hydrogen-bond donors (Lipinski definition) is 0. The Morgan fingerprint density at radius 2 is 1.11 bits per heavy atom. The molecule has 0 aromatic heterocycles. The lowest BCUT2D eigenvalue weighted by Crippen LogP contribution is -2.75. The molecule has 1 heterocycles. The van der Waals surface area contributed by atoms with Crippen LogP contribution in [0.15, 0.2) is 47.4 Å². The van der Waals surface area contributed by atoms with E-state index < -0.39 is 85.0 Å². The van der Waals surface area contributed by atoms with Gasteiger partial charge in [-0.15, -0.1) is 0 Å². The second-order valence-corrected chi connectivity index (χ2v) is 14.6. The predicted octanol–water partition coefficient (Wildman–Crippen LogP) is 8.65. The van der Waals surface area contributed by atoms with E-state index in [-0.39, 0.29) is 22.1 Å². The number of halogens is 17. The summed E-state index contributed by atoms with van der Waals surface area (Å²) in [5.74, 6) is -53.5. The SMILES string of the molecule is COC1CCS(OS(=O)(=O)C(F)(F)C(F)(F)C(F)(F)C(F)(F)C(F)(F)C(F)(F)C(F)(F)C(F)(F)F)(c2cccc3ccccc23)C1. The van der Waals surface area contributed by atoms with Crippen LogP contribution in [0.1, 0.15) is 6.42 Å². The maximum absolute atomic E-state index is 14.9. The monoisotopic (exact) mass is 744 g/mol. The third kappa shape index (κ3) is 5.17. The van der Waals surface area contributed by atoms with Gasteiger partial charge in [-0.1, -0.05) is 46.7 Å². The first-order valence-electron chi connectivity index (χ1n) is 11.9. The first kappa shape index (κ1) is 38.2. The maximum Gasteiger partial charge on any atom is 0.460 e. The van der Waals surface area contributed by atoms with Crippen LogP contribution in [-0.4, -0.2) is 80.1 Å². The molecular formula is C23H17F17O4S2. The van der Waals surface area contributed by atoms with E-state index >= 15 is 0 Å². The van der Waals surface area contributed by atoms with Crippen molar-refractivity contribution in [3.63, 3.8) is 0 Å². The number of ether oxygens (including phenoxy) is 1. The Balaban J connectivity index is 2.17. The Morgan fingerprint density at radius 3 is 1.59 bits per heavy atom. The maximum atomic E-state index is 14.9. The van der Waals surface area contributed by atoms with Gasteiger partial charge in [0, 0.05) is 23.5 Å². The van der Waals surface area contributed by atoms with Gasteiger partial charge in [-0.2, -0.15) is 83.1 Å². The van der Waals surface area contributed by atoms with Gasteiger partial charge < -0.3 is 4.74 Å². The highest BCUT2D eigenvalue weighted by molar-refractivity contribution is 8.33. The second-order valence-electron chi connectivity index (χ2n) is 9.79. The van der Waals surface area contributed by atoms with E-state index in [4.69, 9.17) is 4.74 Å². The molecule has 0 amide bonds. The van der Waals surface area contributed by atoms with Crippen LogP contribution >= 0.6 is 10.3 Å². The number of hydrogen-bond acceptors (Lipinski definition) is 4. The summed E-state index contributed by atoms with van der Waals surface area (Å²) in [6.45, 7) is 0. The normalized spacial score (nSPS) is 23.0. The largest absolute Gasteiger partial charge is 0.460 e. The lowest BCUT2D eigenvalue weighted by Gasteiger charge is -2.43. The van der Waals surface area contributed by atoms with Gasteiger partial charge in [0.05, 0.1) is 6.10 Å². The van der Waals surface area contributed by atoms with Crippen molar-refractivity contribution < 1.29 is 91.4 Å². The van der Waals surface area contributed by atoms with Crippen LogP contribution in [0.4, 0.5) is 74.6 Å². The third-order valence-corrected chi connectivity index (χ3v) is 12.5. The van der Waals surface area contributed by atoms with E-state index in [0.29, 0.717) is 0 Å². The van der Waals surface area contributed by atoms with Gasteiger partial charge in [0.15, 0.2) is 0 Å². The summed E-state index contributed by atoms with van der Waals surface area (Å²) in [6.07, 6.45) is -9.26. The van der Waals surface area contributed by atoms with Crippen LogP contribution in [-0.2, 0) is 18.5 Å². The van der Waals surface area contributed by atoms with Crippen LogP contribution < -0.4 is 0 Å². The smallest absolute Gasteiger partial charge is 0.381 e. The summed E-state index contributed by atoms with van der Waals surface area (Å²) in [4.78, 5) is -0.314. The summed E-state index contributed by atoms with van der Waals surface area (Å²) in [7, 11) is -10.7. The molecule has 2 atom stereocenters. The fourth-order valence-electron chi connectivity index (χ4n) is 4.31. The highest BCUT2D eigenvalue weighted by Crippen LogP contribution is 2.68. The first-order chi connectivity index (χ1) is 20.4. The zero-order valence-electron chi connectivity index (χ0n) is 22.1. The zero-order chi connectivity index (χ0) is 35.8. The van der Waals surface area contributed by atoms with Crippen LogP contribution in [0, 0.1) is 0 Å². The summed E-state index contributed by atoms with van der Waals surface area (Å²) in [5, 5.41) is -7.50. The molecule has 3 rings (SSSR count). The minimum absolute atomic E-state index is 0.0198. The Hall–Kier alpha value is -2.27. The zero-order valence-corrected chi connectivity index (χ0v) is 23.7. The van der Waals surface area contributed by atoms with Gasteiger partial charge in [-0.25, -0.2) is 3.63 Å². The number of alkyl halides is 17.